The number of rotatable bonds is 6. The Labute approximate surface area is 171 Å². The standard InChI is InChI=1S/C21H29ClN4O2/c1-4-28-20(27)16-13-5-7-14(8-6-13)17(16)23-18-15-9-10-26(11-12(2)3)19(15)25-21(22)24-18/h9-10,12-14,16-17H,4-8,11H2,1-3H3,(H,23,24,25)/t13?,14?,16-,17-/m1/s1. The van der Waals surface area contributed by atoms with Crippen molar-refractivity contribution >= 4 is 34.4 Å². The van der Waals surface area contributed by atoms with Crippen molar-refractivity contribution in [2.24, 2.45) is 23.7 Å². The van der Waals surface area contributed by atoms with Gasteiger partial charge in [-0.25, -0.2) is 4.98 Å². The van der Waals surface area contributed by atoms with Gasteiger partial charge in [-0.15, -0.1) is 0 Å². The molecule has 0 spiro atoms. The quantitative estimate of drug-likeness (QED) is 0.566. The number of esters is 1. The number of nitrogens with zero attached hydrogens (tertiary/aromatic N) is 3. The van der Waals surface area contributed by atoms with E-state index in [1.807, 2.05) is 19.2 Å². The van der Waals surface area contributed by atoms with E-state index in [1.165, 1.54) is 0 Å². The fourth-order valence-electron chi connectivity index (χ4n) is 5.08. The molecule has 2 aromatic heterocycles. The van der Waals surface area contributed by atoms with E-state index in [-0.39, 0.29) is 23.2 Å². The summed E-state index contributed by atoms with van der Waals surface area (Å²) in [6, 6.07) is 2.07. The molecule has 2 atom stereocenters. The number of carbonyl (C=O) groups is 1. The summed E-state index contributed by atoms with van der Waals surface area (Å²) in [6.07, 6.45) is 6.55. The largest absolute Gasteiger partial charge is 0.466 e. The van der Waals surface area contributed by atoms with Crippen LogP contribution in [0.5, 0.6) is 0 Å². The summed E-state index contributed by atoms with van der Waals surface area (Å²) in [5.41, 5.74) is 0.838. The molecule has 0 aliphatic heterocycles. The lowest BCUT2D eigenvalue weighted by atomic mass is 9.61. The Morgan fingerprint density at radius 1 is 1.29 bits per heavy atom. The number of ether oxygens (including phenoxy) is 1. The van der Waals surface area contributed by atoms with E-state index in [1.54, 1.807) is 0 Å². The van der Waals surface area contributed by atoms with Crippen LogP contribution < -0.4 is 5.32 Å². The maximum Gasteiger partial charge on any atom is 0.311 e. The average Bonchev–Trinajstić information content (AvgIpc) is 3.05. The second-order valence-electron chi connectivity index (χ2n) is 8.56. The molecule has 1 N–H and O–H groups in total. The fraction of sp³-hybridized carbons (Fsp3) is 0.667. The highest BCUT2D eigenvalue weighted by molar-refractivity contribution is 6.28. The molecule has 2 bridgehead atoms. The van der Waals surface area contributed by atoms with Crippen LogP contribution in [0.25, 0.3) is 11.0 Å². The van der Waals surface area contributed by atoms with Crippen LogP contribution in [-0.2, 0) is 16.1 Å². The normalized spacial score (nSPS) is 26.8. The lowest BCUT2D eigenvalue weighted by Crippen LogP contribution is -2.52. The molecule has 3 fully saturated rings. The first-order chi connectivity index (χ1) is 13.5. The number of carbonyl (C=O) groups excluding carboxylic acids is 1. The predicted octanol–water partition coefficient (Wildman–Crippen LogP) is 4.52. The van der Waals surface area contributed by atoms with E-state index in [4.69, 9.17) is 16.3 Å². The molecule has 0 amide bonds. The van der Waals surface area contributed by atoms with Gasteiger partial charge in [0.25, 0.3) is 0 Å². The first-order valence-corrected chi connectivity index (χ1v) is 10.8. The molecule has 2 aromatic rings. The number of hydrogen-bond donors (Lipinski definition) is 1. The van der Waals surface area contributed by atoms with Crippen molar-refractivity contribution in [3.8, 4) is 0 Å². The van der Waals surface area contributed by atoms with Crippen LogP contribution in [0.1, 0.15) is 46.5 Å². The third-order valence-electron chi connectivity index (χ3n) is 6.23. The topological polar surface area (TPSA) is 69.0 Å². The lowest BCUT2D eigenvalue weighted by Gasteiger charge is -2.47. The van der Waals surface area contributed by atoms with E-state index < -0.39 is 0 Å². The van der Waals surface area contributed by atoms with Crippen LogP contribution in [0.2, 0.25) is 5.28 Å². The third kappa shape index (κ3) is 3.59. The maximum atomic E-state index is 12.7. The van der Waals surface area contributed by atoms with Crippen molar-refractivity contribution in [3.63, 3.8) is 0 Å². The van der Waals surface area contributed by atoms with Crippen LogP contribution >= 0.6 is 11.6 Å². The molecule has 0 unspecified atom stereocenters. The summed E-state index contributed by atoms with van der Waals surface area (Å²) >= 11 is 6.27. The van der Waals surface area contributed by atoms with Crippen LogP contribution in [0.4, 0.5) is 5.82 Å². The Morgan fingerprint density at radius 3 is 2.68 bits per heavy atom. The zero-order valence-corrected chi connectivity index (χ0v) is 17.6. The molecule has 0 radical (unpaired) electrons. The van der Waals surface area contributed by atoms with E-state index in [9.17, 15) is 4.79 Å². The molecule has 7 heteroatoms. The van der Waals surface area contributed by atoms with Gasteiger partial charge < -0.3 is 14.6 Å². The van der Waals surface area contributed by atoms with Crippen LogP contribution in [0, 0.1) is 23.7 Å². The van der Waals surface area contributed by atoms with E-state index in [2.05, 4.69) is 33.7 Å². The molecule has 2 heterocycles. The highest BCUT2D eigenvalue weighted by atomic mass is 35.5. The molecule has 0 saturated heterocycles. The van der Waals surface area contributed by atoms with Gasteiger partial charge in [0.05, 0.1) is 17.9 Å². The Bertz CT molecular complexity index is 857. The van der Waals surface area contributed by atoms with Gasteiger partial charge in [0, 0.05) is 18.8 Å². The molecule has 3 saturated carbocycles. The van der Waals surface area contributed by atoms with Gasteiger partial charge in [0.1, 0.15) is 11.5 Å². The fourth-order valence-corrected chi connectivity index (χ4v) is 5.25. The van der Waals surface area contributed by atoms with Crippen molar-refractivity contribution in [2.45, 2.75) is 59.0 Å². The van der Waals surface area contributed by atoms with Crippen LogP contribution in [0.15, 0.2) is 12.3 Å². The average molecular weight is 405 g/mol. The van der Waals surface area contributed by atoms with Gasteiger partial charge in [-0.1, -0.05) is 13.8 Å². The highest BCUT2D eigenvalue weighted by Gasteiger charge is 2.48. The minimum absolute atomic E-state index is 0.0363. The summed E-state index contributed by atoms with van der Waals surface area (Å²) in [5.74, 6) is 1.88. The molecule has 0 aromatic carbocycles. The van der Waals surface area contributed by atoms with Gasteiger partial charge in [0.2, 0.25) is 5.28 Å². The van der Waals surface area contributed by atoms with Gasteiger partial charge in [0.15, 0.2) is 0 Å². The van der Waals surface area contributed by atoms with Crippen LogP contribution in [0.3, 0.4) is 0 Å². The summed E-state index contributed by atoms with van der Waals surface area (Å²) in [7, 11) is 0. The molecule has 152 valence electrons. The summed E-state index contributed by atoms with van der Waals surface area (Å²) in [6.45, 7) is 7.51. The molecule has 3 aliphatic rings. The second kappa shape index (κ2) is 7.90. The van der Waals surface area contributed by atoms with Crippen molar-refractivity contribution in [1.29, 1.82) is 0 Å². The van der Waals surface area contributed by atoms with Crippen molar-refractivity contribution in [2.75, 3.05) is 11.9 Å². The smallest absolute Gasteiger partial charge is 0.311 e. The molecule has 6 nitrogen and oxygen atoms in total. The van der Waals surface area contributed by atoms with Crippen molar-refractivity contribution in [1.82, 2.24) is 14.5 Å². The maximum absolute atomic E-state index is 12.7. The molecular formula is C21H29ClN4O2. The Kier molecular flexibility index (Phi) is 5.50. The zero-order chi connectivity index (χ0) is 19.8. The number of anilines is 1. The molecular weight excluding hydrogens is 376 g/mol. The molecule has 5 rings (SSSR count). The number of halogens is 1. The Morgan fingerprint density at radius 2 is 2.00 bits per heavy atom. The van der Waals surface area contributed by atoms with Gasteiger partial charge in [-0.3, -0.25) is 4.79 Å². The third-order valence-corrected chi connectivity index (χ3v) is 6.40. The number of nitrogens with one attached hydrogen (secondary N) is 1. The van der Waals surface area contributed by atoms with Gasteiger partial charge in [-0.2, -0.15) is 4.98 Å². The number of aromatic nitrogens is 3. The van der Waals surface area contributed by atoms with Crippen molar-refractivity contribution < 1.29 is 9.53 Å². The van der Waals surface area contributed by atoms with Gasteiger partial charge >= 0.3 is 5.97 Å². The number of fused-ring (bicyclic) bond motifs is 4. The van der Waals surface area contributed by atoms with E-state index >= 15 is 0 Å². The predicted molar refractivity (Wildman–Crippen MR) is 110 cm³/mol. The zero-order valence-electron chi connectivity index (χ0n) is 16.8. The lowest BCUT2D eigenvalue weighted by molar-refractivity contribution is -0.154. The molecule has 28 heavy (non-hydrogen) atoms. The van der Waals surface area contributed by atoms with Crippen molar-refractivity contribution in [3.05, 3.63) is 17.5 Å². The SMILES string of the molecule is CCOC(=O)[C@@H]1C2CCC(CC2)[C@H]1Nc1nc(Cl)nc2c1ccn2CC(C)C. The second-order valence-corrected chi connectivity index (χ2v) is 8.90. The first-order valence-electron chi connectivity index (χ1n) is 10.4. The monoisotopic (exact) mass is 404 g/mol. The summed E-state index contributed by atoms with van der Waals surface area (Å²) < 4.78 is 7.54. The summed E-state index contributed by atoms with van der Waals surface area (Å²) in [5, 5.41) is 4.78. The van der Waals surface area contributed by atoms with Gasteiger partial charge in [-0.05, 0) is 68.0 Å². The number of hydrogen-bond acceptors (Lipinski definition) is 5. The van der Waals surface area contributed by atoms with E-state index in [0.717, 1.165) is 49.1 Å². The first kappa shape index (κ1) is 19.5. The molecule has 3 aliphatic carbocycles. The van der Waals surface area contributed by atoms with E-state index in [0.29, 0.717) is 24.4 Å². The Balaban J connectivity index is 1.68. The van der Waals surface area contributed by atoms with Crippen LogP contribution in [-0.4, -0.2) is 33.2 Å². The highest BCUT2D eigenvalue weighted by Crippen LogP contribution is 2.47. The minimum Gasteiger partial charge on any atom is -0.466 e. The summed E-state index contributed by atoms with van der Waals surface area (Å²) in [4.78, 5) is 21.7. The Hall–Kier alpha value is -1.82. The minimum atomic E-state index is -0.117.